The smallest absolute Gasteiger partial charge is 0.0397 e. The lowest BCUT2D eigenvalue weighted by Gasteiger charge is -2.29. The largest absolute Gasteiger partial charge is 0.374 e. The highest BCUT2D eigenvalue weighted by Crippen LogP contribution is 2.27. The third kappa shape index (κ3) is 3.76. The molecule has 0 atom stereocenters. The summed E-state index contributed by atoms with van der Waals surface area (Å²) in [6.45, 7) is 9.23. The van der Waals surface area contributed by atoms with Gasteiger partial charge in [0.25, 0.3) is 0 Å². The molecule has 21 heavy (non-hydrogen) atoms. The van der Waals surface area contributed by atoms with Crippen LogP contribution in [-0.4, -0.2) is 69.7 Å². The Balaban J connectivity index is 1.49. The van der Waals surface area contributed by atoms with Gasteiger partial charge in [-0.3, -0.25) is 4.90 Å². The summed E-state index contributed by atoms with van der Waals surface area (Å²) in [7, 11) is 4.42. The second-order valence-corrected chi connectivity index (χ2v) is 6.46. The van der Waals surface area contributed by atoms with E-state index in [1.807, 2.05) is 0 Å². The van der Waals surface area contributed by atoms with Crippen LogP contribution in [0.3, 0.4) is 0 Å². The molecule has 1 fully saturated rings. The van der Waals surface area contributed by atoms with Crippen molar-refractivity contribution in [1.29, 1.82) is 0 Å². The van der Waals surface area contributed by atoms with Gasteiger partial charge in [0, 0.05) is 65.1 Å². The standard InChI is InChI=1S/C17H28N4/c1-19(11-12-21-9-6-18-7-10-21)14-15-3-4-17-16(13-15)5-8-20(17)2/h3-4,13,18H,5-12,14H2,1-2H3. The minimum Gasteiger partial charge on any atom is -0.374 e. The lowest BCUT2D eigenvalue weighted by atomic mass is 10.1. The molecule has 4 nitrogen and oxygen atoms in total. The van der Waals surface area contributed by atoms with Crippen molar-refractivity contribution in [3.63, 3.8) is 0 Å². The van der Waals surface area contributed by atoms with Gasteiger partial charge in [0.15, 0.2) is 0 Å². The highest BCUT2D eigenvalue weighted by atomic mass is 15.2. The van der Waals surface area contributed by atoms with E-state index in [4.69, 9.17) is 0 Å². The summed E-state index contributed by atoms with van der Waals surface area (Å²) >= 11 is 0. The Hall–Kier alpha value is -1.10. The molecule has 0 bridgehead atoms. The van der Waals surface area contributed by atoms with Crippen LogP contribution in [0.4, 0.5) is 5.69 Å². The average molecular weight is 288 g/mol. The Labute approximate surface area is 128 Å². The van der Waals surface area contributed by atoms with Gasteiger partial charge in [-0.1, -0.05) is 12.1 Å². The second-order valence-electron chi connectivity index (χ2n) is 6.46. The zero-order valence-corrected chi connectivity index (χ0v) is 13.4. The molecule has 4 heteroatoms. The van der Waals surface area contributed by atoms with E-state index in [0.717, 1.165) is 32.7 Å². The third-order valence-corrected chi connectivity index (χ3v) is 4.73. The van der Waals surface area contributed by atoms with E-state index in [2.05, 4.69) is 52.3 Å². The predicted molar refractivity (Wildman–Crippen MR) is 89.1 cm³/mol. The predicted octanol–water partition coefficient (Wildman–Crippen LogP) is 1.02. The first-order valence-corrected chi connectivity index (χ1v) is 8.17. The summed E-state index contributed by atoms with van der Waals surface area (Å²) in [5, 5.41) is 3.41. The second kappa shape index (κ2) is 6.77. The van der Waals surface area contributed by atoms with Gasteiger partial charge in [-0.2, -0.15) is 0 Å². The first-order valence-electron chi connectivity index (χ1n) is 8.17. The first-order chi connectivity index (χ1) is 10.2. The van der Waals surface area contributed by atoms with Crippen LogP contribution < -0.4 is 10.2 Å². The lowest BCUT2D eigenvalue weighted by Crippen LogP contribution is -2.45. The van der Waals surface area contributed by atoms with Crippen molar-refractivity contribution < 1.29 is 0 Å². The molecule has 0 saturated carbocycles. The van der Waals surface area contributed by atoms with Gasteiger partial charge < -0.3 is 15.1 Å². The van der Waals surface area contributed by atoms with Gasteiger partial charge >= 0.3 is 0 Å². The van der Waals surface area contributed by atoms with Crippen LogP contribution in [0.15, 0.2) is 18.2 Å². The number of hydrogen-bond donors (Lipinski definition) is 1. The van der Waals surface area contributed by atoms with Crippen molar-refractivity contribution in [2.75, 3.05) is 64.8 Å². The number of nitrogens with one attached hydrogen (secondary N) is 1. The van der Waals surface area contributed by atoms with E-state index in [-0.39, 0.29) is 0 Å². The molecule has 2 aliphatic rings. The number of hydrogen-bond acceptors (Lipinski definition) is 4. The summed E-state index contributed by atoms with van der Waals surface area (Å²) in [5.74, 6) is 0. The van der Waals surface area contributed by atoms with Gasteiger partial charge in [-0.05, 0) is 30.7 Å². The van der Waals surface area contributed by atoms with Crippen LogP contribution in [0.25, 0.3) is 0 Å². The number of rotatable bonds is 5. The van der Waals surface area contributed by atoms with Crippen LogP contribution in [-0.2, 0) is 13.0 Å². The van der Waals surface area contributed by atoms with Crippen molar-refractivity contribution in [3.8, 4) is 0 Å². The number of likely N-dealkylation sites (N-methyl/N-ethyl adjacent to an activating group) is 2. The van der Waals surface area contributed by atoms with E-state index < -0.39 is 0 Å². The molecule has 3 rings (SSSR count). The zero-order chi connectivity index (χ0) is 14.7. The maximum atomic E-state index is 3.41. The van der Waals surface area contributed by atoms with Gasteiger partial charge in [-0.15, -0.1) is 0 Å². The fourth-order valence-electron chi connectivity index (χ4n) is 3.36. The molecule has 0 unspecified atom stereocenters. The molecule has 2 heterocycles. The summed E-state index contributed by atoms with van der Waals surface area (Å²) in [6, 6.07) is 6.99. The van der Waals surface area contributed by atoms with Crippen LogP contribution in [0.2, 0.25) is 0 Å². The minimum absolute atomic E-state index is 1.06. The van der Waals surface area contributed by atoms with Gasteiger partial charge in [-0.25, -0.2) is 0 Å². The van der Waals surface area contributed by atoms with Gasteiger partial charge in [0.1, 0.15) is 0 Å². The normalized spacial score (nSPS) is 19.3. The molecular formula is C17H28N4. The zero-order valence-electron chi connectivity index (χ0n) is 13.4. The third-order valence-electron chi connectivity index (χ3n) is 4.73. The van der Waals surface area contributed by atoms with Crippen molar-refractivity contribution in [3.05, 3.63) is 29.3 Å². The quantitative estimate of drug-likeness (QED) is 0.873. The number of nitrogens with zero attached hydrogens (tertiary/aromatic N) is 3. The van der Waals surface area contributed by atoms with Crippen LogP contribution >= 0.6 is 0 Å². The number of piperazine rings is 1. The Bertz CT molecular complexity index is 468. The van der Waals surface area contributed by atoms with E-state index in [1.165, 1.54) is 42.9 Å². The van der Waals surface area contributed by atoms with Crippen LogP contribution in [0, 0.1) is 0 Å². The van der Waals surface area contributed by atoms with Crippen molar-refractivity contribution >= 4 is 5.69 Å². The topological polar surface area (TPSA) is 21.8 Å². The number of fused-ring (bicyclic) bond motifs is 1. The summed E-state index contributed by atoms with van der Waals surface area (Å²) in [6.07, 6.45) is 1.20. The Morgan fingerprint density at radius 3 is 2.81 bits per heavy atom. The van der Waals surface area contributed by atoms with Crippen molar-refractivity contribution in [2.45, 2.75) is 13.0 Å². The van der Waals surface area contributed by atoms with E-state index in [0.29, 0.717) is 0 Å². The fourth-order valence-corrected chi connectivity index (χ4v) is 3.36. The molecule has 0 spiro atoms. The monoisotopic (exact) mass is 288 g/mol. The molecule has 0 aromatic heterocycles. The highest BCUT2D eigenvalue weighted by molar-refractivity contribution is 5.58. The Kier molecular flexibility index (Phi) is 4.78. The Morgan fingerprint density at radius 1 is 1.19 bits per heavy atom. The van der Waals surface area contributed by atoms with E-state index >= 15 is 0 Å². The highest BCUT2D eigenvalue weighted by Gasteiger charge is 2.16. The van der Waals surface area contributed by atoms with E-state index in [1.54, 1.807) is 0 Å². The van der Waals surface area contributed by atoms with Crippen molar-refractivity contribution in [1.82, 2.24) is 15.1 Å². The fraction of sp³-hybridized carbons (Fsp3) is 0.647. The molecular weight excluding hydrogens is 260 g/mol. The maximum absolute atomic E-state index is 3.41. The molecule has 0 amide bonds. The lowest BCUT2D eigenvalue weighted by molar-refractivity contribution is 0.202. The molecule has 1 saturated heterocycles. The molecule has 1 aromatic rings. The SMILES string of the molecule is CN(CCN1CCNCC1)Cc1ccc2c(c1)CCN2C. The van der Waals surface area contributed by atoms with Crippen LogP contribution in [0.1, 0.15) is 11.1 Å². The van der Waals surface area contributed by atoms with E-state index in [9.17, 15) is 0 Å². The summed E-state index contributed by atoms with van der Waals surface area (Å²) in [4.78, 5) is 7.36. The molecule has 116 valence electrons. The van der Waals surface area contributed by atoms with Gasteiger partial charge in [0.05, 0.1) is 0 Å². The molecule has 0 aliphatic carbocycles. The number of anilines is 1. The Morgan fingerprint density at radius 2 is 2.00 bits per heavy atom. The average Bonchev–Trinajstić information content (AvgIpc) is 2.87. The van der Waals surface area contributed by atoms with Gasteiger partial charge in [0.2, 0.25) is 0 Å². The molecule has 0 radical (unpaired) electrons. The van der Waals surface area contributed by atoms with Crippen LogP contribution in [0.5, 0.6) is 0 Å². The molecule has 1 aromatic carbocycles. The first kappa shape index (κ1) is 14.8. The summed E-state index contributed by atoms with van der Waals surface area (Å²) in [5.41, 5.74) is 4.39. The minimum atomic E-state index is 1.06. The van der Waals surface area contributed by atoms with Crippen molar-refractivity contribution in [2.24, 2.45) is 0 Å². The maximum Gasteiger partial charge on any atom is 0.0397 e. The molecule has 1 N–H and O–H groups in total. The summed E-state index contributed by atoms with van der Waals surface area (Å²) < 4.78 is 0. The number of benzene rings is 1. The molecule has 2 aliphatic heterocycles.